The molecule has 2 heterocycles. The number of benzene rings is 1. The highest BCUT2D eigenvalue weighted by Gasteiger charge is 2.15. The van der Waals surface area contributed by atoms with Crippen molar-refractivity contribution in [1.29, 1.82) is 0 Å². The van der Waals surface area contributed by atoms with Crippen LogP contribution in [0.1, 0.15) is 21.4 Å². The topological polar surface area (TPSA) is 0 Å². The van der Waals surface area contributed by atoms with E-state index in [-0.39, 0.29) is 11.2 Å². The lowest BCUT2D eigenvalue weighted by atomic mass is 10.1. The van der Waals surface area contributed by atoms with Gasteiger partial charge < -0.3 is 0 Å². The Hall–Kier alpha value is -0.900. The molecule has 0 N–H and O–H groups in total. The third kappa shape index (κ3) is 2.07. The molecule has 2 aromatic heterocycles. The van der Waals surface area contributed by atoms with Crippen molar-refractivity contribution in [3.63, 3.8) is 0 Å². The van der Waals surface area contributed by atoms with Crippen LogP contribution >= 0.6 is 34.3 Å². The maximum absolute atomic E-state index is 13.2. The molecule has 1 aromatic carbocycles. The number of fused-ring (bicyclic) bond motifs is 1. The van der Waals surface area contributed by atoms with Gasteiger partial charge in [0.25, 0.3) is 0 Å². The summed E-state index contributed by atoms with van der Waals surface area (Å²) < 4.78 is 15.8. The predicted molar refractivity (Wildman–Crippen MR) is 78.5 cm³/mol. The molecule has 1 atom stereocenters. The van der Waals surface area contributed by atoms with Gasteiger partial charge in [0, 0.05) is 14.3 Å². The highest BCUT2D eigenvalue weighted by atomic mass is 35.5. The lowest BCUT2D eigenvalue weighted by Crippen LogP contribution is -1.92. The molecule has 1 unspecified atom stereocenters. The Morgan fingerprint density at radius 2 is 2.00 bits per heavy atom. The van der Waals surface area contributed by atoms with Crippen LogP contribution in [0.3, 0.4) is 0 Å². The SMILES string of the molecule is Cc1cc(C(Cl)c2cc3sccc3s2)ccc1F. The quantitative estimate of drug-likeness (QED) is 0.529. The monoisotopic (exact) mass is 296 g/mol. The van der Waals surface area contributed by atoms with E-state index in [1.807, 2.05) is 6.07 Å². The summed E-state index contributed by atoms with van der Waals surface area (Å²) in [5, 5.41) is 1.88. The zero-order valence-electron chi connectivity index (χ0n) is 9.61. The Kier molecular flexibility index (Phi) is 3.14. The standard InChI is InChI=1S/C14H10ClFS2/c1-8-6-9(2-3-10(8)16)14(15)13-7-12-11(18-13)4-5-17-12/h2-7,14H,1H3. The van der Waals surface area contributed by atoms with Crippen LogP contribution in [0, 0.1) is 12.7 Å². The van der Waals surface area contributed by atoms with Crippen molar-refractivity contribution in [2.45, 2.75) is 12.3 Å². The molecule has 0 nitrogen and oxygen atoms in total. The lowest BCUT2D eigenvalue weighted by molar-refractivity contribution is 0.617. The fraction of sp³-hybridized carbons (Fsp3) is 0.143. The molecule has 0 saturated heterocycles. The Labute approximate surface area is 118 Å². The van der Waals surface area contributed by atoms with Crippen molar-refractivity contribution < 1.29 is 4.39 Å². The number of thiophene rings is 2. The van der Waals surface area contributed by atoms with Gasteiger partial charge in [-0.15, -0.1) is 34.3 Å². The first kappa shape index (κ1) is 12.2. The second-order valence-corrected chi connectivity index (χ2v) is 6.67. The van der Waals surface area contributed by atoms with Crippen LogP contribution in [0.2, 0.25) is 0 Å². The van der Waals surface area contributed by atoms with E-state index in [0.717, 1.165) is 10.4 Å². The van der Waals surface area contributed by atoms with Gasteiger partial charge in [0.2, 0.25) is 0 Å². The molecule has 3 rings (SSSR count). The number of hydrogen-bond acceptors (Lipinski definition) is 2. The summed E-state index contributed by atoms with van der Waals surface area (Å²) in [4.78, 5) is 1.12. The van der Waals surface area contributed by atoms with Gasteiger partial charge >= 0.3 is 0 Å². The fourth-order valence-corrected chi connectivity index (χ4v) is 4.36. The summed E-state index contributed by atoms with van der Waals surface area (Å²) in [5.41, 5.74) is 1.58. The number of hydrogen-bond donors (Lipinski definition) is 0. The van der Waals surface area contributed by atoms with Crippen molar-refractivity contribution >= 4 is 43.7 Å². The summed E-state index contributed by atoms with van der Waals surface area (Å²) >= 11 is 9.90. The Bertz CT molecular complexity index is 670. The number of halogens is 2. The number of alkyl halides is 1. The van der Waals surface area contributed by atoms with E-state index in [1.54, 1.807) is 35.7 Å². The van der Waals surface area contributed by atoms with E-state index in [1.165, 1.54) is 15.5 Å². The molecule has 0 fully saturated rings. The van der Waals surface area contributed by atoms with Gasteiger partial charge in [-0.25, -0.2) is 4.39 Å². The van der Waals surface area contributed by atoms with Gasteiger partial charge in [0.1, 0.15) is 5.82 Å². The Morgan fingerprint density at radius 1 is 1.17 bits per heavy atom. The predicted octanol–water partition coefficient (Wildman–Crippen LogP) is 5.74. The van der Waals surface area contributed by atoms with Crippen LogP contribution in [0.15, 0.2) is 35.7 Å². The van der Waals surface area contributed by atoms with Gasteiger partial charge in [-0.1, -0.05) is 12.1 Å². The highest BCUT2D eigenvalue weighted by molar-refractivity contribution is 7.27. The zero-order valence-corrected chi connectivity index (χ0v) is 12.0. The second-order valence-electron chi connectivity index (χ2n) is 4.17. The van der Waals surface area contributed by atoms with Gasteiger partial charge in [-0.2, -0.15) is 0 Å². The summed E-state index contributed by atoms with van der Waals surface area (Å²) in [6.45, 7) is 1.76. The molecule has 0 amide bonds. The highest BCUT2D eigenvalue weighted by Crippen LogP contribution is 2.39. The van der Waals surface area contributed by atoms with Crippen molar-refractivity contribution in [1.82, 2.24) is 0 Å². The first-order valence-electron chi connectivity index (χ1n) is 5.52. The van der Waals surface area contributed by atoms with Gasteiger partial charge in [-0.3, -0.25) is 0 Å². The lowest BCUT2D eigenvalue weighted by Gasteiger charge is -2.08. The normalized spacial score (nSPS) is 13.1. The van der Waals surface area contributed by atoms with Crippen molar-refractivity contribution in [3.05, 3.63) is 57.5 Å². The van der Waals surface area contributed by atoms with Crippen molar-refractivity contribution in [2.75, 3.05) is 0 Å². The molecule has 4 heteroatoms. The average molecular weight is 297 g/mol. The van der Waals surface area contributed by atoms with Gasteiger partial charge in [0.05, 0.1) is 5.38 Å². The Morgan fingerprint density at radius 3 is 2.72 bits per heavy atom. The molecular formula is C14H10ClFS2. The molecule has 92 valence electrons. The van der Waals surface area contributed by atoms with Crippen molar-refractivity contribution in [3.8, 4) is 0 Å². The number of rotatable bonds is 2. The van der Waals surface area contributed by atoms with Crippen LogP contribution in [0.5, 0.6) is 0 Å². The summed E-state index contributed by atoms with van der Waals surface area (Å²) in [6, 6.07) is 9.29. The Balaban J connectivity index is 2.00. The average Bonchev–Trinajstić information content (AvgIpc) is 2.92. The summed E-state index contributed by atoms with van der Waals surface area (Å²) in [5.74, 6) is -0.185. The molecule has 0 radical (unpaired) electrons. The molecule has 0 aliphatic carbocycles. The van der Waals surface area contributed by atoms with E-state index in [4.69, 9.17) is 11.6 Å². The molecule has 3 aromatic rings. The van der Waals surface area contributed by atoms with Crippen LogP contribution in [-0.4, -0.2) is 0 Å². The minimum atomic E-state index is -0.200. The molecule has 18 heavy (non-hydrogen) atoms. The minimum Gasteiger partial charge on any atom is -0.207 e. The number of aryl methyl sites for hydroxylation is 1. The van der Waals surface area contributed by atoms with E-state index >= 15 is 0 Å². The van der Waals surface area contributed by atoms with Crippen LogP contribution < -0.4 is 0 Å². The third-order valence-corrected chi connectivity index (χ3v) is 5.66. The van der Waals surface area contributed by atoms with Crippen molar-refractivity contribution in [2.24, 2.45) is 0 Å². The molecule has 0 saturated carbocycles. The zero-order chi connectivity index (χ0) is 12.7. The molecule has 0 bridgehead atoms. The van der Waals surface area contributed by atoms with Gasteiger partial charge in [0.15, 0.2) is 0 Å². The van der Waals surface area contributed by atoms with Crippen LogP contribution in [0.25, 0.3) is 9.40 Å². The maximum atomic E-state index is 13.2. The summed E-state index contributed by atoms with van der Waals surface area (Å²) in [6.07, 6.45) is 0. The summed E-state index contributed by atoms with van der Waals surface area (Å²) in [7, 11) is 0. The molecule has 0 spiro atoms. The van der Waals surface area contributed by atoms with E-state index in [0.29, 0.717) is 5.56 Å². The van der Waals surface area contributed by atoms with E-state index in [2.05, 4.69) is 17.5 Å². The second kappa shape index (κ2) is 4.65. The largest absolute Gasteiger partial charge is 0.207 e. The van der Waals surface area contributed by atoms with E-state index < -0.39 is 0 Å². The van der Waals surface area contributed by atoms with Crippen LogP contribution in [-0.2, 0) is 0 Å². The van der Waals surface area contributed by atoms with E-state index in [9.17, 15) is 4.39 Å². The van der Waals surface area contributed by atoms with Gasteiger partial charge in [-0.05, 0) is 41.6 Å². The van der Waals surface area contributed by atoms with Crippen LogP contribution in [0.4, 0.5) is 4.39 Å². The first-order chi connectivity index (χ1) is 8.65. The fourth-order valence-electron chi connectivity index (χ4n) is 1.90. The first-order valence-corrected chi connectivity index (χ1v) is 7.65. The molecular weight excluding hydrogens is 287 g/mol. The molecule has 0 aliphatic heterocycles. The third-order valence-electron chi connectivity index (χ3n) is 2.88. The smallest absolute Gasteiger partial charge is 0.126 e. The minimum absolute atomic E-state index is 0.185. The molecule has 0 aliphatic rings. The maximum Gasteiger partial charge on any atom is 0.126 e.